The number of imidazole rings is 1. The Kier molecular flexibility index (Phi) is 4.74. The van der Waals surface area contributed by atoms with Crippen molar-refractivity contribution < 1.29 is 4.74 Å². The van der Waals surface area contributed by atoms with Crippen LogP contribution in [0.2, 0.25) is 0 Å². The van der Waals surface area contributed by atoms with Gasteiger partial charge in [0, 0.05) is 35.6 Å². The molecule has 2 saturated heterocycles. The van der Waals surface area contributed by atoms with Gasteiger partial charge in [-0.3, -0.25) is 0 Å². The van der Waals surface area contributed by atoms with Crippen LogP contribution in [0.4, 0.5) is 5.82 Å². The molecule has 0 amide bonds. The van der Waals surface area contributed by atoms with Crippen LogP contribution in [-0.2, 0) is 4.74 Å². The molecule has 32 heavy (non-hydrogen) atoms. The lowest BCUT2D eigenvalue weighted by molar-refractivity contribution is 0.0974. The number of piperidine rings is 1. The number of pyridine rings is 2. The zero-order valence-electron chi connectivity index (χ0n) is 17.7. The third kappa shape index (κ3) is 3.30. The Morgan fingerprint density at radius 3 is 2.84 bits per heavy atom. The number of anilines is 1. The zero-order valence-corrected chi connectivity index (χ0v) is 18.5. The second-order valence-electron chi connectivity index (χ2n) is 8.62. The standard InChI is InChI=1S/C22H24N8OS/c1-13-19(23)22(11-31-13)5-8-30(9-6-22)16-10-25-20-14(28-16)2-3-17(29-20)32-15-4-7-24-21-18(15)26-12-27-21/h2-4,7,10,12-13,19H,5-6,8-9,11,23H2,1H3,(H,24,26,27)/t13-,19+/m0/s1. The number of rotatable bonds is 3. The molecule has 4 aromatic rings. The highest BCUT2D eigenvalue weighted by Gasteiger charge is 2.47. The predicted octanol–water partition coefficient (Wildman–Crippen LogP) is 2.78. The second-order valence-corrected chi connectivity index (χ2v) is 9.68. The summed E-state index contributed by atoms with van der Waals surface area (Å²) in [6.45, 7) is 4.66. The van der Waals surface area contributed by atoms with E-state index in [1.165, 1.54) is 0 Å². The van der Waals surface area contributed by atoms with E-state index in [9.17, 15) is 0 Å². The fourth-order valence-corrected chi connectivity index (χ4v) is 5.63. The first-order valence-electron chi connectivity index (χ1n) is 10.8. The largest absolute Gasteiger partial charge is 0.376 e. The lowest BCUT2D eigenvalue weighted by Gasteiger charge is -2.41. The van der Waals surface area contributed by atoms with Crippen LogP contribution >= 0.6 is 11.8 Å². The van der Waals surface area contributed by atoms with Crippen molar-refractivity contribution in [3.63, 3.8) is 0 Å². The Bertz CT molecular complexity index is 1290. The Morgan fingerprint density at radius 1 is 1.16 bits per heavy atom. The number of nitrogens with zero attached hydrogens (tertiary/aromatic N) is 6. The third-order valence-electron chi connectivity index (χ3n) is 6.79. The molecule has 1 spiro atoms. The normalized spacial score (nSPS) is 22.9. The first-order chi connectivity index (χ1) is 15.6. The Morgan fingerprint density at radius 2 is 2.03 bits per heavy atom. The molecule has 2 aliphatic rings. The summed E-state index contributed by atoms with van der Waals surface area (Å²) < 4.78 is 5.84. The number of H-pyrrole nitrogens is 1. The highest BCUT2D eigenvalue weighted by Crippen LogP contribution is 2.41. The number of nitrogens with two attached hydrogens (primary N) is 1. The molecule has 2 atom stereocenters. The van der Waals surface area contributed by atoms with Gasteiger partial charge in [-0.2, -0.15) is 0 Å². The second kappa shape index (κ2) is 7.65. The number of hydrogen-bond donors (Lipinski definition) is 2. The van der Waals surface area contributed by atoms with E-state index in [0.717, 1.165) is 65.0 Å². The number of ether oxygens (including phenoxy) is 1. The number of fused-ring (bicyclic) bond motifs is 2. The maximum atomic E-state index is 6.45. The molecule has 6 rings (SSSR count). The Balaban J connectivity index is 1.20. The predicted molar refractivity (Wildman–Crippen MR) is 123 cm³/mol. The van der Waals surface area contributed by atoms with Crippen LogP contribution in [0.5, 0.6) is 0 Å². The van der Waals surface area contributed by atoms with Crippen molar-refractivity contribution >= 4 is 39.9 Å². The van der Waals surface area contributed by atoms with Crippen molar-refractivity contribution in [3.8, 4) is 0 Å². The van der Waals surface area contributed by atoms with Crippen LogP contribution in [0, 0.1) is 5.41 Å². The average Bonchev–Trinajstić information content (AvgIpc) is 3.41. The summed E-state index contributed by atoms with van der Waals surface area (Å²) in [5, 5.41) is 0.847. The van der Waals surface area contributed by atoms with Crippen LogP contribution in [0.1, 0.15) is 19.8 Å². The topological polar surface area (TPSA) is 119 Å². The highest BCUT2D eigenvalue weighted by molar-refractivity contribution is 7.99. The summed E-state index contributed by atoms with van der Waals surface area (Å²) in [6, 6.07) is 6.01. The minimum Gasteiger partial charge on any atom is -0.376 e. The van der Waals surface area contributed by atoms with Crippen LogP contribution in [-0.4, -0.2) is 61.7 Å². The molecular weight excluding hydrogens is 424 g/mol. The van der Waals surface area contributed by atoms with Gasteiger partial charge in [0.25, 0.3) is 0 Å². The van der Waals surface area contributed by atoms with Crippen molar-refractivity contribution in [3.05, 3.63) is 36.9 Å². The first-order valence-corrected chi connectivity index (χ1v) is 11.6. The van der Waals surface area contributed by atoms with Crippen LogP contribution < -0.4 is 10.6 Å². The third-order valence-corrected chi connectivity index (χ3v) is 7.78. The van der Waals surface area contributed by atoms with Gasteiger partial charge < -0.3 is 20.4 Å². The lowest BCUT2D eigenvalue weighted by atomic mass is 9.73. The molecule has 3 N–H and O–H groups in total. The molecular formula is C22H24N8OS. The van der Waals surface area contributed by atoms with E-state index in [1.807, 2.05) is 24.4 Å². The van der Waals surface area contributed by atoms with Crippen molar-refractivity contribution in [2.45, 2.75) is 41.8 Å². The smallest absolute Gasteiger partial charge is 0.179 e. The van der Waals surface area contributed by atoms with Crippen molar-refractivity contribution in [2.75, 3.05) is 24.6 Å². The van der Waals surface area contributed by atoms with E-state index in [1.54, 1.807) is 24.3 Å². The first kappa shape index (κ1) is 19.8. The number of aromatic nitrogens is 6. The van der Waals surface area contributed by atoms with E-state index in [0.29, 0.717) is 5.65 Å². The molecule has 0 aromatic carbocycles. The summed E-state index contributed by atoms with van der Waals surface area (Å²) in [6.07, 6.45) is 7.41. The molecule has 0 aliphatic carbocycles. The highest BCUT2D eigenvalue weighted by atomic mass is 32.2. The van der Waals surface area contributed by atoms with Gasteiger partial charge >= 0.3 is 0 Å². The molecule has 2 fully saturated rings. The minimum atomic E-state index is 0.0978. The maximum absolute atomic E-state index is 6.45. The summed E-state index contributed by atoms with van der Waals surface area (Å²) >= 11 is 1.54. The quantitative estimate of drug-likeness (QED) is 0.487. The molecule has 4 aromatic heterocycles. The molecule has 164 valence electrons. The zero-order chi connectivity index (χ0) is 21.7. The SMILES string of the molecule is C[C@@H]1OCC2(CCN(c3cnc4nc(Sc5ccnc6[nH]cnc56)ccc4n3)CC2)[C@@H]1N. The molecule has 10 heteroatoms. The van der Waals surface area contributed by atoms with Gasteiger partial charge in [-0.25, -0.2) is 24.9 Å². The summed E-state index contributed by atoms with van der Waals surface area (Å²) in [4.78, 5) is 29.1. The Hall–Kier alpha value is -2.82. The molecule has 0 unspecified atom stereocenters. The number of aromatic amines is 1. The van der Waals surface area contributed by atoms with Gasteiger partial charge in [0.2, 0.25) is 0 Å². The average molecular weight is 449 g/mol. The van der Waals surface area contributed by atoms with Crippen molar-refractivity contribution in [1.29, 1.82) is 0 Å². The maximum Gasteiger partial charge on any atom is 0.179 e. The fourth-order valence-electron chi connectivity index (χ4n) is 4.76. The minimum absolute atomic E-state index is 0.0978. The monoisotopic (exact) mass is 448 g/mol. The van der Waals surface area contributed by atoms with Crippen molar-refractivity contribution in [1.82, 2.24) is 29.9 Å². The molecule has 9 nitrogen and oxygen atoms in total. The summed E-state index contributed by atoms with van der Waals surface area (Å²) in [5.74, 6) is 0.891. The molecule has 0 radical (unpaired) electrons. The van der Waals surface area contributed by atoms with Gasteiger partial charge in [-0.1, -0.05) is 11.8 Å². The van der Waals surface area contributed by atoms with Crippen LogP contribution in [0.15, 0.2) is 46.8 Å². The Labute approximate surface area is 189 Å². The van der Waals surface area contributed by atoms with E-state index >= 15 is 0 Å². The van der Waals surface area contributed by atoms with Gasteiger partial charge in [-0.15, -0.1) is 0 Å². The summed E-state index contributed by atoms with van der Waals surface area (Å²) in [5.41, 5.74) is 9.58. The van der Waals surface area contributed by atoms with E-state index in [2.05, 4.69) is 31.8 Å². The number of nitrogens with one attached hydrogen (secondary N) is 1. The van der Waals surface area contributed by atoms with Crippen LogP contribution in [0.3, 0.4) is 0 Å². The molecule has 2 aliphatic heterocycles. The summed E-state index contributed by atoms with van der Waals surface area (Å²) in [7, 11) is 0. The fraction of sp³-hybridized carbons (Fsp3) is 0.409. The van der Waals surface area contributed by atoms with Crippen molar-refractivity contribution in [2.24, 2.45) is 11.1 Å². The van der Waals surface area contributed by atoms with Gasteiger partial charge in [0.1, 0.15) is 21.9 Å². The van der Waals surface area contributed by atoms with E-state index in [4.69, 9.17) is 20.4 Å². The van der Waals surface area contributed by atoms with Gasteiger partial charge in [0.15, 0.2) is 11.3 Å². The lowest BCUT2D eigenvalue weighted by Crippen LogP contribution is -2.50. The van der Waals surface area contributed by atoms with Gasteiger partial charge in [-0.05, 0) is 38.0 Å². The van der Waals surface area contributed by atoms with Gasteiger partial charge in [0.05, 0.1) is 25.2 Å². The number of hydrogen-bond acceptors (Lipinski definition) is 9. The van der Waals surface area contributed by atoms with E-state index < -0.39 is 0 Å². The van der Waals surface area contributed by atoms with E-state index in [-0.39, 0.29) is 17.6 Å². The molecule has 0 bridgehead atoms. The molecule has 6 heterocycles. The molecule has 0 saturated carbocycles. The van der Waals surface area contributed by atoms with Crippen LogP contribution in [0.25, 0.3) is 22.3 Å².